The molecule has 1 amide bonds. The van der Waals surface area contributed by atoms with Crippen LogP contribution in [0.5, 0.6) is 11.5 Å². The molecule has 2 heterocycles. The predicted octanol–water partition coefficient (Wildman–Crippen LogP) is 3.55. The number of likely N-dealkylation sites (tertiary alicyclic amines) is 1. The molecule has 2 aliphatic heterocycles. The zero-order valence-electron chi connectivity index (χ0n) is 16.4. The van der Waals surface area contributed by atoms with E-state index in [-0.39, 0.29) is 17.9 Å². The number of rotatable bonds is 5. The van der Waals surface area contributed by atoms with Gasteiger partial charge in [-0.1, -0.05) is 36.4 Å². The number of nitrogens with one attached hydrogen (secondary N) is 1. The molecule has 0 aliphatic carbocycles. The summed E-state index contributed by atoms with van der Waals surface area (Å²) >= 11 is 0. The van der Waals surface area contributed by atoms with Gasteiger partial charge < -0.3 is 14.8 Å². The van der Waals surface area contributed by atoms with Crippen LogP contribution in [0.15, 0.2) is 48.5 Å². The number of fused-ring (bicyclic) bond motifs is 1. The Morgan fingerprint density at radius 2 is 1.79 bits per heavy atom. The Hall–Kier alpha value is -2.53. The van der Waals surface area contributed by atoms with Crippen LogP contribution in [0.25, 0.3) is 0 Å². The molecule has 0 saturated carbocycles. The summed E-state index contributed by atoms with van der Waals surface area (Å²) in [6.45, 7) is 6.06. The second-order valence-electron chi connectivity index (χ2n) is 7.67. The molecule has 28 heavy (non-hydrogen) atoms. The topological polar surface area (TPSA) is 50.8 Å². The maximum absolute atomic E-state index is 12.8. The van der Waals surface area contributed by atoms with Crippen molar-refractivity contribution in [1.82, 2.24) is 10.2 Å². The summed E-state index contributed by atoms with van der Waals surface area (Å²) in [7, 11) is 0. The monoisotopic (exact) mass is 380 g/mol. The number of carbonyl (C=O) groups is 1. The highest BCUT2D eigenvalue weighted by Crippen LogP contribution is 2.32. The average molecular weight is 380 g/mol. The molecule has 0 unspecified atom stereocenters. The van der Waals surface area contributed by atoms with E-state index in [1.807, 2.05) is 31.2 Å². The molecule has 148 valence electrons. The lowest BCUT2D eigenvalue weighted by molar-refractivity contribution is -0.127. The lowest BCUT2D eigenvalue weighted by atomic mass is 9.94. The van der Waals surface area contributed by atoms with Crippen LogP contribution in [-0.4, -0.2) is 37.1 Å². The Labute approximate surface area is 166 Å². The lowest BCUT2D eigenvalue weighted by Crippen LogP contribution is -2.40. The SMILES string of the molecule is C[C@@H](NC(=O)C1CCN(Cc2ccccc2)CC1)c1ccc2c(c1)OCCO2. The van der Waals surface area contributed by atoms with Gasteiger partial charge in [-0.2, -0.15) is 0 Å². The number of ether oxygens (including phenoxy) is 2. The summed E-state index contributed by atoms with van der Waals surface area (Å²) in [6, 6.07) is 16.4. The molecule has 1 atom stereocenters. The van der Waals surface area contributed by atoms with E-state index >= 15 is 0 Å². The Morgan fingerprint density at radius 3 is 2.54 bits per heavy atom. The van der Waals surface area contributed by atoms with E-state index in [0.29, 0.717) is 13.2 Å². The number of amides is 1. The van der Waals surface area contributed by atoms with Gasteiger partial charge in [0.1, 0.15) is 13.2 Å². The molecule has 2 aromatic rings. The van der Waals surface area contributed by atoms with Crippen LogP contribution in [0.3, 0.4) is 0 Å². The third-order valence-electron chi connectivity index (χ3n) is 5.63. The number of benzene rings is 2. The van der Waals surface area contributed by atoms with Gasteiger partial charge in [0.05, 0.1) is 6.04 Å². The molecule has 5 nitrogen and oxygen atoms in total. The van der Waals surface area contributed by atoms with Crippen LogP contribution < -0.4 is 14.8 Å². The van der Waals surface area contributed by atoms with Crippen LogP contribution in [0.1, 0.15) is 36.9 Å². The molecule has 0 radical (unpaired) electrons. The lowest BCUT2D eigenvalue weighted by Gasteiger charge is -2.32. The van der Waals surface area contributed by atoms with Gasteiger partial charge in [0.15, 0.2) is 11.5 Å². The molecule has 0 spiro atoms. The highest BCUT2D eigenvalue weighted by molar-refractivity contribution is 5.79. The van der Waals surface area contributed by atoms with Crippen molar-refractivity contribution in [1.29, 1.82) is 0 Å². The maximum Gasteiger partial charge on any atom is 0.223 e. The Balaban J connectivity index is 1.28. The van der Waals surface area contributed by atoms with Crippen molar-refractivity contribution >= 4 is 5.91 Å². The summed E-state index contributed by atoms with van der Waals surface area (Å²) in [5, 5.41) is 3.18. The summed E-state index contributed by atoms with van der Waals surface area (Å²) in [5.74, 6) is 1.78. The summed E-state index contributed by atoms with van der Waals surface area (Å²) < 4.78 is 11.2. The van der Waals surface area contributed by atoms with E-state index < -0.39 is 0 Å². The largest absolute Gasteiger partial charge is 0.486 e. The van der Waals surface area contributed by atoms with Crippen molar-refractivity contribution in [3.05, 3.63) is 59.7 Å². The number of hydrogen-bond acceptors (Lipinski definition) is 4. The molecular weight excluding hydrogens is 352 g/mol. The molecule has 0 aromatic heterocycles. The van der Waals surface area contributed by atoms with Gasteiger partial charge in [-0.3, -0.25) is 9.69 Å². The van der Waals surface area contributed by atoms with E-state index in [1.165, 1.54) is 5.56 Å². The van der Waals surface area contributed by atoms with E-state index in [1.54, 1.807) is 0 Å². The minimum Gasteiger partial charge on any atom is -0.486 e. The fourth-order valence-electron chi connectivity index (χ4n) is 3.94. The molecule has 2 aromatic carbocycles. The van der Waals surface area contributed by atoms with Gasteiger partial charge in [0.25, 0.3) is 0 Å². The molecule has 1 fully saturated rings. The van der Waals surface area contributed by atoms with Gasteiger partial charge >= 0.3 is 0 Å². The van der Waals surface area contributed by atoms with E-state index in [0.717, 1.165) is 49.5 Å². The standard InChI is InChI=1S/C23H28N2O3/c1-17(20-7-8-21-22(15-20)28-14-13-27-21)24-23(26)19-9-11-25(12-10-19)16-18-5-3-2-4-6-18/h2-8,15,17,19H,9-14,16H2,1H3,(H,24,26)/t17-/m1/s1. The zero-order valence-corrected chi connectivity index (χ0v) is 16.4. The van der Waals surface area contributed by atoms with Gasteiger partial charge in [-0.25, -0.2) is 0 Å². The smallest absolute Gasteiger partial charge is 0.223 e. The number of carbonyl (C=O) groups excluding carboxylic acids is 1. The van der Waals surface area contributed by atoms with Crippen molar-refractivity contribution in [2.24, 2.45) is 5.92 Å². The van der Waals surface area contributed by atoms with Crippen molar-refractivity contribution in [2.75, 3.05) is 26.3 Å². The van der Waals surface area contributed by atoms with Gasteiger partial charge in [0.2, 0.25) is 5.91 Å². The molecular formula is C23H28N2O3. The molecule has 1 N–H and O–H groups in total. The third kappa shape index (κ3) is 4.47. The normalized spacial score (nSPS) is 18.5. The second kappa shape index (κ2) is 8.65. The number of nitrogens with zero attached hydrogens (tertiary/aromatic N) is 1. The van der Waals surface area contributed by atoms with Crippen LogP contribution in [0.4, 0.5) is 0 Å². The van der Waals surface area contributed by atoms with E-state index in [9.17, 15) is 4.79 Å². The minimum absolute atomic E-state index is 0.0503. The second-order valence-corrected chi connectivity index (χ2v) is 7.67. The first-order valence-corrected chi connectivity index (χ1v) is 10.2. The fraction of sp³-hybridized carbons (Fsp3) is 0.435. The first kappa shape index (κ1) is 18.8. The van der Waals surface area contributed by atoms with Crippen LogP contribution in [0, 0.1) is 5.92 Å². The first-order valence-electron chi connectivity index (χ1n) is 10.2. The van der Waals surface area contributed by atoms with E-state index in [2.05, 4.69) is 34.5 Å². The van der Waals surface area contributed by atoms with Crippen LogP contribution in [0.2, 0.25) is 0 Å². The summed E-state index contributed by atoms with van der Waals surface area (Å²) in [5.41, 5.74) is 2.37. The Kier molecular flexibility index (Phi) is 5.81. The maximum atomic E-state index is 12.8. The van der Waals surface area contributed by atoms with E-state index in [4.69, 9.17) is 9.47 Å². The molecule has 4 rings (SSSR count). The summed E-state index contributed by atoms with van der Waals surface area (Å²) in [4.78, 5) is 15.2. The zero-order chi connectivity index (χ0) is 19.3. The fourth-order valence-corrected chi connectivity index (χ4v) is 3.94. The Morgan fingerprint density at radius 1 is 1.07 bits per heavy atom. The first-order chi connectivity index (χ1) is 13.7. The quantitative estimate of drug-likeness (QED) is 0.862. The molecule has 2 aliphatic rings. The van der Waals surface area contributed by atoms with Gasteiger partial charge in [-0.15, -0.1) is 0 Å². The minimum atomic E-state index is -0.0503. The van der Waals surface area contributed by atoms with Gasteiger partial charge in [-0.05, 0) is 56.1 Å². The van der Waals surface area contributed by atoms with Crippen molar-refractivity contribution in [3.8, 4) is 11.5 Å². The third-order valence-corrected chi connectivity index (χ3v) is 5.63. The highest BCUT2D eigenvalue weighted by Gasteiger charge is 2.26. The van der Waals surface area contributed by atoms with Gasteiger partial charge in [0, 0.05) is 12.5 Å². The Bertz CT molecular complexity index is 801. The predicted molar refractivity (Wildman–Crippen MR) is 108 cm³/mol. The number of piperidine rings is 1. The molecule has 1 saturated heterocycles. The average Bonchev–Trinajstić information content (AvgIpc) is 2.74. The van der Waals surface area contributed by atoms with Crippen molar-refractivity contribution in [2.45, 2.75) is 32.4 Å². The van der Waals surface area contributed by atoms with Crippen molar-refractivity contribution in [3.63, 3.8) is 0 Å². The van der Waals surface area contributed by atoms with Crippen LogP contribution >= 0.6 is 0 Å². The summed E-state index contributed by atoms with van der Waals surface area (Å²) in [6.07, 6.45) is 1.82. The molecule has 0 bridgehead atoms. The molecule has 5 heteroatoms. The highest BCUT2D eigenvalue weighted by atomic mass is 16.6. The van der Waals surface area contributed by atoms with Crippen molar-refractivity contribution < 1.29 is 14.3 Å². The van der Waals surface area contributed by atoms with Crippen LogP contribution in [-0.2, 0) is 11.3 Å². The number of hydrogen-bond donors (Lipinski definition) is 1.